The van der Waals surface area contributed by atoms with Crippen LogP contribution in [-0.4, -0.2) is 40.2 Å². The van der Waals surface area contributed by atoms with Crippen molar-refractivity contribution in [2.45, 2.75) is 51.0 Å². The lowest BCUT2D eigenvalue weighted by Crippen LogP contribution is -2.43. The highest BCUT2D eigenvalue weighted by molar-refractivity contribution is 8.00. The molecule has 1 aliphatic rings. The predicted octanol–water partition coefficient (Wildman–Crippen LogP) is 2.19. The third kappa shape index (κ3) is 4.90. The summed E-state index contributed by atoms with van der Waals surface area (Å²) < 4.78 is 1.30. The molecule has 9 nitrogen and oxygen atoms in total. The van der Waals surface area contributed by atoms with Crippen molar-refractivity contribution in [3.8, 4) is 0 Å². The zero-order valence-electron chi connectivity index (χ0n) is 18.4. The number of carbonyl (C=O) groups is 2. The summed E-state index contributed by atoms with van der Waals surface area (Å²) in [6, 6.07) is 7.58. The lowest BCUT2D eigenvalue weighted by Gasteiger charge is -2.30. The van der Waals surface area contributed by atoms with Gasteiger partial charge in [-0.15, -0.1) is 11.8 Å². The second-order valence-electron chi connectivity index (χ2n) is 7.60. The number of nitrogens with one attached hydrogen (secondary N) is 1. The van der Waals surface area contributed by atoms with Gasteiger partial charge in [-0.05, 0) is 25.0 Å². The summed E-state index contributed by atoms with van der Waals surface area (Å²) >= 11 is 1.48. The number of fused-ring (bicyclic) bond motifs is 1. The number of benzene rings is 1. The number of hydrogen-bond donors (Lipinski definition) is 2. The van der Waals surface area contributed by atoms with E-state index in [2.05, 4.69) is 4.98 Å². The third-order valence-electron chi connectivity index (χ3n) is 5.33. The van der Waals surface area contributed by atoms with Crippen molar-refractivity contribution in [3.05, 3.63) is 45.1 Å². The maximum Gasteiger partial charge on any atom is 0.330 e. The van der Waals surface area contributed by atoms with Crippen molar-refractivity contribution in [2.24, 2.45) is 0 Å². The summed E-state index contributed by atoms with van der Waals surface area (Å²) in [6.45, 7) is 4.70. The Bertz CT molecular complexity index is 1110. The first-order chi connectivity index (χ1) is 15.4. The summed E-state index contributed by atoms with van der Waals surface area (Å²) in [5, 5.41) is 0. The highest BCUT2D eigenvalue weighted by Gasteiger charge is 2.27. The lowest BCUT2D eigenvalue weighted by molar-refractivity contribution is -0.118. The predicted molar refractivity (Wildman–Crippen MR) is 127 cm³/mol. The standard InChI is InChI=1S/C22H29N5O4S/c1-3-5-12-27-20(23)19(21(30)24-22(27)31)26(11-4-2)17(28)10-13-25-15-8-6-7-9-16(15)32-14-18(25)29/h6-9H,3-5,10-14,23H2,1-2H3,(H,24,30,31). The lowest BCUT2D eigenvalue weighted by atomic mass is 10.2. The van der Waals surface area contributed by atoms with Gasteiger partial charge in [0, 0.05) is 31.0 Å². The summed E-state index contributed by atoms with van der Waals surface area (Å²) in [7, 11) is 0. The van der Waals surface area contributed by atoms with Crippen LogP contribution in [0.1, 0.15) is 39.5 Å². The molecule has 0 saturated carbocycles. The number of para-hydroxylation sites is 1. The molecule has 0 atom stereocenters. The van der Waals surface area contributed by atoms with E-state index in [4.69, 9.17) is 5.73 Å². The number of nitrogens with zero attached hydrogens (tertiary/aromatic N) is 3. The van der Waals surface area contributed by atoms with Crippen molar-refractivity contribution in [3.63, 3.8) is 0 Å². The number of amides is 2. The van der Waals surface area contributed by atoms with Crippen LogP contribution in [0, 0.1) is 0 Å². The molecular weight excluding hydrogens is 430 g/mol. The van der Waals surface area contributed by atoms with Gasteiger partial charge in [-0.2, -0.15) is 0 Å². The Morgan fingerprint density at radius 3 is 2.62 bits per heavy atom. The van der Waals surface area contributed by atoms with Gasteiger partial charge in [-0.25, -0.2) is 4.79 Å². The van der Waals surface area contributed by atoms with Gasteiger partial charge in [0.25, 0.3) is 5.56 Å². The Labute approximate surface area is 190 Å². The van der Waals surface area contributed by atoms with Gasteiger partial charge in [0.05, 0.1) is 11.4 Å². The molecule has 2 heterocycles. The molecule has 0 unspecified atom stereocenters. The molecule has 1 aromatic heterocycles. The van der Waals surface area contributed by atoms with Crippen LogP contribution in [0.25, 0.3) is 0 Å². The molecule has 0 bridgehead atoms. The molecule has 32 heavy (non-hydrogen) atoms. The fourth-order valence-corrected chi connectivity index (χ4v) is 4.64. The van der Waals surface area contributed by atoms with E-state index in [0.29, 0.717) is 25.1 Å². The fraction of sp³-hybridized carbons (Fsp3) is 0.455. The SMILES string of the molecule is CCCCn1c(N)c(N(CCC)C(=O)CCN2C(=O)CSc3ccccc32)c(=O)[nH]c1=O. The van der Waals surface area contributed by atoms with Gasteiger partial charge < -0.3 is 15.5 Å². The Kier molecular flexibility index (Phi) is 7.79. The van der Waals surface area contributed by atoms with Gasteiger partial charge in [-0.1, -0.05) is 32.4 Å². The highest BCUT2D eigenvalue weighted by atomic mass is 32.2. The van der Waals surface area contributed by atoms with E-state index in [1.54, 1.807) is 4.90 Å². The molecule has 1 aromatic carbocycles. The summed E-state index contributed by atoms with van der Waals surface area (Å²) in [5.74, 6) is -0.0779. The van der Waals surface area contributed by atoms with E-state index in [-0.39, 0.29) is 42.8 Å². The number of aromatic amines is 1. The van der Waals surface area contributed by atoms with Crippen LogP contribution in [0.4, 0.5) is 17.2 Å². The van der Waals surface area contributed by atoms with E-state index in [1.165, 1.54) is 21.2 Å². The first-order valence-electron chi connectivity index (χ1n) is 10.8. The Morgan fingerprint density at radius 2 is 1.91 bits per heavy atom. The number of nitrogens with two attached hydrogens (primary N) is 1. The van der Waals surface area contributed by atoms with Gasteiger partial charge >= 0.3 is 5.69 Å². The molecule has 1 aliphatic heterocycles. The molecule has 0 spiro atoms. The molecule has 172 valence electrons. The van der Waals surface area contributed by atoms with Crippen LogP contribution >= 0.6 is 11.8 Å². The van der Waals surface area contributed by atoms with Crippen LogP contribution < -0.4 is 26.8 Å². The maximum absolute atomic E-state index is 13.2. The van der Waals surface area contributed by atoms with Crippen molar-refractivity contribution in [1.29, 1.82) is 0 Å². The number of hydrogen-bond acceptors (Lipinski definition) is 6. The minimum atomic E-state index is -0.683. The average Bonchev–Trinajstić information content (AvgIpc) is 2.77. The second kappa shape index (κ2) is 10.5. The molecule has 3 N–H and O–H groups in total. The van der Waals surface area contributed by atoms with Crippen LogP contribution in [0.3, 0.4) is 0 Å². The van der Waals surface area contributed by atoms with Crippen molar-refractivity contribution >= 4 is 40.8 Å². The maximum atomic E-state index is 13.2. The Balaban J connectivity index is 1.87. The molecule has 2 amide bonds. The summed E-state index contributed by atoms with van der Waals surface area (Å²) in [6.07, 6.45) is 2.19. The van der Waals surface area contributed by atoms with Crippen LogP contribution in [-0.2, 0) is 16.1 Å². The smallest absolute Gasteiger partial charge is 0.330 e. The van der Waals surface area contributed by atoms with E-state index in [1.807, 2.05) is 38.1 Å². The number of thioether (sulfide) groups is 1. The number of rotatable bonds is 9. The third-order valence-corrected chi connectivity index (χ3v) is 6.37. The van der Waals surface area contributed by atoms with Gasteiger partial charge in [-0.3, -0.25) is 23.9 Å². The number of carbonyl (C=O) groups excluding carboxylic acids is 2. The van der Waals surface area contributed by atoms with Crippen LogP contribution in [0.15, 0.2) is 38.8 Å². The largest absolute Gasteiger partial charge is 0.383 e. The number of anilines is 3. The number of nitrogen functional groups attached to an aromatic ring is 1. The first-order valence-corrected chi connectivity index (χ1v) is 11.8. The van der Waals surface area contributed by atoms with E-state index >= 15 is 0 Å². The molecule has 0 radical (unpaired) electrons. The van der Waals surface area contributed by atoms with Gasteiger partial charge in [0.2, 0.25) is 11.8 Å². The molecule has 0 fully saturated rings. The minimum absolute atomic E-state index is 0.00604. The molecule has 2 aromatic rings. The number of H-pyrrole nitrogens is 1. The average molecular weight is 460 g/mol. The Hall–Kier alpha value is -3.01. The number of aromatic nitrogens is 2. The van der Waals surface area contributed by atoms with Crippen LogP contribution in [0.5, 0.6) is 0 Å². The van der Waals surface area contributed by atoms with E-state index < -0.39 is 11.2 Å². The molecule has 10 heteroatoms. The summed E-state index contributed by atoms with van der Waals surface area (Å²) in [5.41, 5.74) is 5.72. The number of unbranched alkanes of at least 4 members (excludes halogenated alkanes) is 1. The topological polar surface area (TPSA) is 121 Å². The second-order valence-corrected chi connectivity index (χ2v) is 8.61. The highest BCUT2D eigenvalue weighted by Crippen LogP contribution is 2.35. The quantitative estimate of drug-likeness (QED) is 0.593. The minimum Gasteiger partial charge on any atom is -0.383 e. The van der Waals surface area contributed by atoms with Gasteiger partial charge in [0.15, 0.2) is 5.69 Å². The summed E-state index contributed by atoms with van der Waals surface area (Å²) in [4.78, 5) is 56.8. The Morgan fingerprint density at radius 1 is 1.16 bits per heavy atom. The molecular formula is C22H29N5O4S. The van der Waals surface area contributed by atoms with Crippen LogP contribution in [0.2, 0.25) is 0 Å². The fourth-order valence-electron chi connectivity index (χ4n) is 3.70. The molecule has 0 aliphatic carbocycles. The van der Waals surface area contributed by atoms with E-state index in [9.17, 15) is 19.2 Å². The zero-order valence-corrected chi connectivity index (χ0v) is 19.2. The van der Waals surface area contributed by atoms with Crippen molar-refractivity contribution in [2.75, 3.05) is 34.4 Å². The monoisotopic (exact) mass is 459 g/mol. The first kappa shape index (κ1) is 23.6. The molecule has 3 rings (SSSR count). The zero-order chi connectivity index (χ0) is 23.3. The van der Waals surface area contributed by atoms with Crippen molar-refractivity contribution in [1.82, 2.24) is 9.55 Å². The van der Waals surface area contributed by atoms with Gasteiger partial charge in [0.1, 0.15) is 5.82 Å². The normalized spacial score (nSPS) is 13.2. The van der Waals surface area contributed by atoms with E-state index in [0.717, 1.165) is 17.0 Å². The van der Waals surface area contributed by atoms with Crippen molar-refractivity contribution < 1.29 is 9.59 Å². The molecule has 0 saturated heterocycles.